The summed E-state index contributed by atoms with van der Waals surface area (Å²) in [6.45, 7) is 0. The summed E-state index contributed by atoms with van der Waals surface area (Å²) in [5.41, 5.74) is 4.13. The van der Waals surface area contributed by atoms with Crippen LogP contribution < -0.4 is 0 Å². The maximum absolute atomic E-state index is 4.76. The molecule has 0 bridgehead atoms. The van der Waals surface area contributed by atoms with Gasteiger partial charge in [0.05, 0.1) is 16.3 Å². The predicted octanol–water partition coefficient (Wildman–Crippen LogP) is 5.60. The Morgan fingerprint density at radius 1 is 0.727 bits per heavy atom. The zero-order chi connectivity index (χ0) is 14.8. The Balaban J connectivity index is 1.91. The second-order valence-electron chi connectivity index (χ2n) is 4.82. The summed E-state index contributed by atoms with van der Waals surface area (Å²) in [6.07, 6.45) is 0. The van der Waals surface area contributed by atoms with E-state index in [1.165, 1.54) is 0 Å². The zero-order valence-electron chi connectivity index (χ0n) is 11.6. The van der Waals surface area contributed by atoms with Gasteiger partial charge in [-0.15, -0.1) is 11.3 Å². The van der Waals surface area contributed by atoms with Crippen LogP contribution in [0, 0.1) is 0 Å². The summed E-state index contributed by atoms with van der Waals surface area (Å²) in [6, 6.07) is 18.4. The summed E-state index contributed by atoms with van der Waals surface area (Å²) < 4.78 is 0. The molecule has 0 N–H and O–H groups in total. The van der Waals surface area contributed by atoms with Crippen molar-refractivity contribution in [3.8, 4) is 33.2 Å². The van der Waals surface area contributed by atoms with E-state index in [0.29, 0.717) is 0 Å². The van der Waals surface area contributed by atoms with E-state index < -0.39 is 0 Å². The van der Waals surface area contributed by atoms with Gasteiger partial charge in [0.25, 0.3) is 0 Å². The van der Waals surface area contributed by atoms with Crippen LogP contribution >= 0.6 is 22.7 Å². The number of thiophene rings is 2. The molecule has 0 amide bonds. The molecular formula is C18H12N2S2. The van der Waals surface area contributed by atoms with Gasteiger partial charge in [-0.25, -0.2) is 9.97 Å². The molecule has 1 aromatic carbocycles. The van der Waals surface area contributed by atoms with Gasteiger partial charge in [0, 0.05) is 16.5 Å². The van der Waals surface area contributed by atoms with E-state index in [1.807, 2.05) is 30.3 Å². The zero-order valence-corrected chi connectivity index (χ0v) is 13.3. The SMILES string of the molecule is c1ccc(-c2nc(-c3ccsc3)cc(-c3cccs3)n2)cc1. The maximum Gasteiger partial charge on any atom is 0.160 e. The minimum atomic E-state index is 0.771. The van der Waals surface area contributed by atoms with Crippen molar-refractivity contribution >= 4 is 22.7 Å². The fourth-order valence-electron chi connectivity index (χ4n) is 2.27. The van der Waals surface area contributed by atoms with Crippen molar-refractivity contribution in [3.05, 3.63) is 70.7 Å². The first kappa shape index (κ1) is 13.4. The molecule has 2 nitrogen and oxygen atoms in total. The molecule has 0 saturated heterocycles. The van der Waals surface area contributed by atoms with E-state index in [0.717, 1.165) is 33.2 Å². The predicted molar refractivity (Wildman–Crippen MR) is 94.1 cm³/mol. The van der Waals surface area contributed by atoms with Crippen molar-refractivity contribution < 1.29 is 0 Å². The maximum atomic E-state index is 4.76. The number of benzene rings is 1. The van der Waals surface area contributed by atoms with E-state index in [-0.39, 0.29) is 0 Å². The molecule has 0 radical (unpaired) electrons. The van der Waals surface area contributed by atoms with Crippen LogP contribution in [0.25, 0.3) is 33.2 Å². The Bertz CT molecular complexity index is 814. The second-order valence-corrected chi connectivity index (χ2v) is 6.55. The molecule has 0 aliphatic heterocycles. The van der Waals surface area contributed by atoms with E-state index in [1.54, 1.807) is 22.7 Å². The number of hydrogen-bond acceptors (Lipinski definition) is 4. The number of rotatable bonds is 3. The van der Waals surface area contributed by atoms with Gasteiger partial charge in [0.2, 0.25) is 0 Å². The Morgan fingerprint density at radius 3 is 2.32 bits per heavy atom. The lowest BCUT2D eigenvalue weighted by Gasteiger charge is -2.06. The molecule has 22 heavy (non-hydrogen) atoms. The van der Waals surface area contributed by atoms with Crippen LogP contribution in [0.15, 0.2) is 70.7 Å². The van der Waals surface area contributed by atoms with Gasteiger partial charge >= 0.3 is 0 Å². The molecule has 0 fully saturated rings. The first-order valence-corrected chi connectivity index (χ1v) is 8.73. The lowest BCUT2D eigenvalue weighted by Crippen LogP contribution is -1.94. The quantitative estimate of drug-likeness (QED) is 0.491. The molecule has 0 spiro atoms. The van der Waals surface area contributed by atoms with Crippen molar-refractivity contribution in [3.63, 3.8) is 0 Å². The van der Waals surface area contributed by atoms with Crippen molar-refractivity contribution in [2.45, 2.75) is 0 Å². The molecule has 4 heteroatoms. The van der Waals surface area contributed by atoms with Crippen LogP contribution in [0.2, 0.25) is 0 Å². The highest BCUT2D eigenvalue weighted by molar-refractivity contribution is 7.13. The molecule has 4 aromatic rings. The van der Waals surface area contributed by atoms with E-state index >= 15 is 0 Å². The van der Waals surface area contributed by atoms with Crippen molar-refractivity contribution in [1.29, 1.82) is 0 Å². The molecule has 0 saturated carbocycles. The molecule has 0 aliphatic rings. The van der Waals surface area contributed by atoms with E-state index in [9.17, 15) is 0 Å². The van der Waals surface area contributed by atoms with Gasteiger partial charge in [0.1, 0.15) is 0 Å². The third-order valence-electron chi connectivity index (χ3n) is 3.35. The minimum Gasteiger partial charge on any atom is -0.228 e. The summed E-state index contributed by atoms with van der Waals surface area (Å²) in [5.74, 6) is 0.771. The molecule has 0 atom stereocenters. The van der Waals surface area contributed by atoms with Gasteiger partial charge in [-0.05, 0) is 29.0 Å². The molecular weight excluding hydrogens is 308 g/mol. The van der Waals surface area contributed by atoms with Gasteiger partial charge in [0.15, 0.2) is 5.82 Å². The lowest BCUT2D eigenvalue weighted by molar-refractivity contribution is 1.19. The number of aromatic nitrogens is 2. The van der Waals surface area contributed by atoms with Gasteiger partial charge in [-0.3, -0.25) is 0 Å². The molecule has 0 unspecified atom stereocenters. The van der Waals surface area contributed by atoms with Crippen LogP contribution in [0.3, 0.4) is 0 Å². The average Bonchev–Trinajstić information content (AvgIpc) is 3.29. The number of nitrogens with zero attached hydrogens (tertiary/aromatic N) is 2. The normalized spacial score (nSPS) is 10.7. The largest absolute Gasteiger partial charge is 0.228 e. The Morgan fingerprint density at radius 2 is 1.59 bits per heavy atom. The molecule has 4 rings (SSSR count). The highest BCUT2D eigenvalue weighted by atomic mass is 32.1. The first-order chi connectivity index (χ1) is 10.9. The van der Waals surface area contributed by atoms with Gasteiger partial charge in [-0.1, -0.05) is 36.4 Å². The average molecular weight is 320 g/mol. The smallest absolute Gasteiger partial charge is 0.160 e. The van der Waals surface area contributed by atoms with Gasteiger partial charge < -0.3 is 0 Å². The van der Waals surface area contributed by atoms with Gasteiger partial charge in [-0.2, -0.15) is 11.3 Å². The summed E-state index contributed by atoms with van der Waals surface area (Å²) in [4.78, 5) is 10.7. The van der Waals surface area contributed by atoms with E-state index in [4.69, 9.17) is 9.97 Å². The topological polar surface area (TPSA) is 25.8 Å². The standard InChI is InChI=1S/C18H12N2S2/c1-2-5-13(6-3-1)18-19-15(14-8-10-21-12-14)11-16(20-18)17-7-4-9-22-17/h1-12H. The van der Waals surface area contributed by atoms with Crippen molar-refractivity contribution in [1.82, 2.24) is 9.97 Å². The van der Waals surface area contributed by atoms with Crippen molar-refractivity contribution in [2.75, 3.05) is 0 Å². The monoisotopic (exact) mass is 320 g/mol. The lowest BCUT2D eigenvalue weighted by atomic mass is 10.1. The van der Waals surface area contributed by atoms with Crippen LogP contribution in [0.1, 0.15) is 0 Å². The molecule has 3 heterocycles. The summed E-state index contributed by atoms with van der Waals surface area (Å²) >= 11 is 3.38. The summed E-state index contributed by atoms with van der Waals surface area (Å²) in [7, 11) is 0. The fourth-order valence-corrected chi connectivity index (χ4v) is 3.61. The molecule has 106 valence electrons. The third kappa shape index (κ3) is 2.58. The van der Waals surface area contributed by atoms with Crippen molar-refractivity contribution in [2.24, 2.45) is 0 Å². The second kappa shape index (κ2) is 5.83. The van der Waals surface area contributed by atoms with Crippen LogP contribution in [0.4, 0.5) is 0 Å². The first-order valence-electron chi connectivity index (χ1n) is 6.91. The Hall–Kier alpha value is -2.30. The van der Waals surface area contributed by atoms with E-state index in [2.05, 4.69) is 40.4 Å². The van der Waals surface area contributed by atoms with Crippen LogP contribution in [-0.2, 0) is 0 Å². The fraction of sp³-hybridized carbons (Fsp3) is 0. The third-order valence-corrected chi connectivity index (χ3v) is 4.92. The minimum absolute atomic E-state index is 0.771. The Kier molecular flexibility index (Phi) is 3.54. The van der Waals surface area contributed by atoms with Crippen LogP contribution in [-0.4, -0.2) is 9.97 Å². The summed E-state index contributed by atoms with van der Waals surface area (Å²) in [5, 5.41) is 6.27. The highest BCUT2D eigenvalue weighted by Crippen LogP contribution is 2.30. The number of hydrogen-bond donors (Lipinski definition) is 0. The Labute approximate surface area is 136 Å². The molecule has 0 aliphatic carbocycles. The highest BCUT2D eigenvalue weighted by Gasteiger charge is 2.10. The molecule has 3 aromatic heterocycles. The van der Waals surface area contributed by atoms with Crippen LogP contribution in [0.5, 0.6) is 0 Å².